The van der Waals surface area contributed by atoms with Gasteiger partial charge < -0.3 is 0 Å². The molecule has 0 spiro atoms. The van der Waals surface area contributed by atoms with Gasteiger partial charge in [0.2, 0.25) is 0 Å². The number of carbonyl (C=O) groups excluding carboxylic acids is 1. The Hall–Kier alpha value is -1.48. The van der Waals surface area contributed by atoms with E-state index in [0.717, 1.165) is 5.56 Å². The lowest BCUT2D eigenvalue weighted by atomic mass is 10.0. The molecule has 18 heavy (non-hydrogen) atoms. The summed E-state index contributed by atoms with van der Waals surface area (Å²) in [6, 6.07) is 11.9. The molecule has 92 valence electrons. The van der Waals surface area contributed by atoms with Crippen LogP contribution in [0.5, 0.6) is 0 Å². The summed E-state index contributed by atoms with van der Waals surface area (Å²) in [7, 11) is 0. The van der Waals surface area contributed by atoms with Crippen LogP contribution in [-0.2, 0) is 6.42 Å². The molecule has 0 N–H and O–H groups in total. The van der Waals surface area contributed by atoms with E-state index < -0.39 is 0 Å². The summed E-state index contributed by atoms with van der Waals surface area (Å²) in [5.41, 5.74) is 2.44. The van der Waals surface area contributed by atoms with E-state index in [2.05, 4.69) is 15.9 Å². The second-order valence-corrected chi connectivity index (χ2v) is 5.16. The number of hydrogen-bond acceptors (Lipinski definition) is 1. The van der Waals surface area contributed by atoms with Crippen LogP contribution in [0.2, 0.25) is 0 Å². The Morgan fingerprint density at radius 3 is 2.44 bits per heavy atom. The summed E-state index contributed by atoms with van der Waals surface area (Å²) in [5, 5.41) is 0. The zero-order valence-corrected chi connectivity index (χ0v) is 11.5. The van der Waals surface area contributed by atoms with Gasteiger partial charge in [-0.2, -0.15) is 0 Å². The fourth-order valence-corrected chi connectivity index (χ4v) is 2.25. The Kier molecular flexibility index (Phi) is 3.92. The molecule has 0 saturated carbocycles. The normalized spacial score (nSPS) is 10.4. The van der Waals surface area contributed by atoms with Crippen LogP contribution in [0.25, 0.3) is 0 Å². The van der Waals surface area contributed by atoms with E-state index in [-0.39, 0.29) is 18.0 Å². The molecule has 0 unspecified atom stereocenters. The number of ketones is 1. The second kappa shape index (κ2) is 5.44. The number of Topliss-reactive ketones (excluding diaryl/α,β-unsaturated/α-hetero) is 1. The average molecular weight is 307 g/mol. The SMILES string of the molecule is Cc1ccc(C(=O)Cc2cc(F)cc(Br)c2)cc1. The van der Waals surface area contributed by atoms with Gasteiger partial charge in [0, 0.05) is 16.5 Å². The van der Waals surface area contributed by atoms with E-state index in [1.54, 1.807) is 18.2 Å². The number of aryl methyl sites for hydroxylation is 1. The Morgan fingerprint density at radius 1 is 1.17 bits per heavy atom. The minimum Gasteiger partial charge on any atom is -0.294 e. The molecular weight excluding hydrogens is 295 g/mol. The largest absolute Gasteiger partial charge is 0.294 e. The van der Waals surface area contributed by atoms with E-state index in [9.17, 15) is 9.18 Å². The lowest BCUT2D eigenvalue weighted by molar-refractivity contribution is 0.0993. The zero-order valence-electron chi connectivity index (χ0n) is 9.91. The van der Waals surface area contributed by atoms with Gasteiger partial charge in [0.15, 0.2) is 5.78 Å². The number of carbonyl (C=O) groups is 1. The summed E-state index contributed by atoms with van der Waals surface area (Å²) in [4.78, 5) is 12.0. The molecule has 0 heterocycles. The molecule has 0 aliphatic carbocycles. The molecule has 2 aromatic rings. The van der Waals surface area contributed by atoms with Crippen molar-refractivity contribution in [2.24, 2.45) is 0 Å². The monoisotopic (exact) mass is 306 g/mol. The molecule has 1 nitrogen and oxygen atoms in total. The molecule has 0 aliphatic heterocycles. The molecule has 0 radical (unpaired) electrons. The van der Waals surface area contributed by atoms with Gasteiger partial charge >= 0.3 is 0 Å². The Labute approximate surface area is 114 Å². The molecule has 0 aromatic heterocycles. The first-order valence-electron chi connectivity index (χ1n) is 5.59. The third-order valence-corrected chi connectivity index (χ3v) is 3.12. The van der Waals surface area contributed by atoms with Crippen molar-refractivity contribution < 1.29 is 9.18 Å². The Balaban J connectivity index is 2.18. The first-order chi connectivity index (χ1) is 8.54. The van der Waals surface area contributed by atoms with Gasteiger partial charge in [0.1, 0.15) is 5.82 Å². The molecule has 0 saturated heterocycles. The van der Waals surface area contributed by atoms with Gasteiger partial charge in [0.05, 0.1) is 0 Å². The molecular formula is C15H12BrFO. The van der Waals surface area contributed by atoms with Crippen LogP contribution in [-0.4, -0.2) is 5.78 Å². The summed E-state index contributed by atoms with van der Waals surface area (Å²) < 4.78 is 13.8. The first-order valence-corrected chi connectivity index (χ1v) is 6.39. The van der Waals surface area contributed by atoms with E-state index >= 15 is 0 Å². The van der Waals surface area contributed by atoms with Crippen molar-refractivity contribution in [3.63, 3.8) is 0 Å². The van der Waals surface area contributed by atoms with Crippen LogP contribution in [0.4, 0.5) is 4.39 Å². The fraction of sp³-hybridized carbons (Fsp3) is 0.133. The highest BCUT2D eigenvalue weighted by molar-refractivity contribution is 9.10. The predicted octanol–water partition coefficient (Wildman–Crippen LogP) is 4.32. The minimum absolute atomic E-state index is 0.00694. The summed E-state index contributed by atoms with van der Waals surface area (Å²) in [6.45, 7) is 1.97. The molecule has 2 aromatic carbocycles. The lowest BCUT2D eigenvalue weighted by Crippen LogP contribution is -2.03. The average Bonchev–Trinajstić information content (AvgIpc) is 2.28. The van der Waals surface area contributed by atoms with Crippen molar-refractivity contribution in [3.8, 4) is 0 Å². The van der Waals surface area contributed by atoms with E-state index in [1.807, 2.05) is 19.1 Å². The Bertz CT molecular complexity index is 555. The van der Waals surface area contributed by atoms with Gasteiger partial charge in [0.25, 0.3) is 0 Å². The molecule has 0 aliphatic rings. The predicted molar refractivity (Wildman–Crippen MR) is 73.3 cm³/mol. The summed E-state index contributed by atoms with van der Waals surface area (Å²) >= 11 is 3.22. The summed E-state index contributed by atoms with van der Waals surface area (Å²) in [6.07, 6.45) is 0.208. The number of rotatable bonds is 3. The fourth-order valence-electron chi connectivity index (χ4n) is 1.74. The maximum Gasteiger partial charge on any atom is 0.167 e. The van der Waals surface area contributed by atoms with Crippen LogP contribution in [0.15, 0.2) is 46.9 Å². The molecule has 2 rings (SSSR count). The second-order valence-electron chi connectivity index (χ2n) is 4.24. The van der Waals surface area contributed by atoms with Crippen LogP contribution in [0.3, 0.4) is 0 Å². The molecule has 0 bridgehead atoms. The van der Waals surface area contributed by atoms with Gasteiger partial charge in [-0.25, -0.2) is 4.39 Å². The van der Waals surface area contributed by atoms with Crippen molar-refractivity contribution in [2.75, 3.05) is 0 Å². The van der Waals surface area contributed by atoms with Gasteiger partial charge in [-0.05, 0) is 30.7 Å². The van der Waals surface area contributed by atoms with Gasteiger partial charge in [-0.1, -0.05) is 45.8 Å². The van der Waals surface area contributed by atoms with Gasteiger partial charge in [-0.15, -0.1) is 0 Å². The number of benzene rings is 2. The minimum atomic E-state index is -0.337. The number of hydrogen-bond donors (Lipinski definition) is 0. The topological polar surface area (TPSA) is 17.1 Å². The lowest BCUT2D eigenvalue weighted by Gasteiger charge is -2.03. The smallest absolute Gasteiger partial charge is 0.167 e. The van der Waals surface area contributed by atoms with Crippen LogP contribution in [0.1, 0.15) is 21.5 Å². The highest BCUT2D eigenvalue weighted by Crippen LogP contribution is 2.17. The highest BCUT2D eigenvalue weighted by Gasteiger charge is 2.08. The third-order valence-electron chi connectivity index (χ3n) is 2.66. The van der Waals surface area contributed by atoms with Gasteiger partial charge in [-0.3, -0.25) is 4.79 Å². The molecule has 0 atom stereocenters. The van der Waals surface area contributed by atoms with Crippen LogP contribution in [0, 0.1) is 12.7 Å². The summed E-state index contributed by atoms with van der Waals surface area (Å²) in [5.74, 6) is -0.344. The van der Waals surface area contributed by atoms with E-state index in [1.165, 1.54) is 12.1 Å². The number of halogens is 2. The third kappa shape index (κ3) is 3.26. The first kappa shape index (κ1) is 13.0. The van der Waals surface area contributed by atoms with Crippen molar-refractivity contribution in [1.82, 2.24) is 0 Å². The molecule has 3 heteroatoms. The molecule has 0 amide bonds. The van der Waals surface area contributed by atoms with Crippen LogP contribution < -0.4 is 0 Å². The zero-order chi connectivity index (χ0) is 13.1. The Morgan fingerprint density at radius 2 is 1.83 bits per heavy atom. The molecule has 0 fully saturated rings. The quantitative estimate of drug-likeness (QED) is 0.772. The van der Waals surface area contributed by atoms with Crippen molar-refractivity contribution >= 4 is 21.7 Å². The maximum absolute atomic E-state index is 13.2. The van der Waals surface area contributed by atoms with E-state index in [4.69, 9.17) is 0 Å². The van der Waals surface area contributed by atoms with Crippen molar-refractivity contribution in [3.05, 3.63) is 69.4 Å². The van der Waals surface area contributed by atoms with Crippen molar-refractivity contribution in [2.45, 2.75) is 13.3 Å². The standard InChI is InChI=1S/C15H12BrFO/c1-10-2-4-12(5-3-10)15(18)8-11-6-13(16)9-14(17)7-11/h2-7,9H,8H2,1H3. The highest BCUT2D eigenvalue weighted by atomic mass is 79.9. The van der Waals surface area contributed by atoms with Crippen molar-refractivity contribution in [1.29, 1.82) is 0 Å². The van der Waals surface area contributed by atoms with E-state index in [0.29, 0.717) is 15.6 Å². The maximum atomic E-state index is 13.2. The van der Waals surface area contributed by atoms with Crippen LogP contribution >= 0.6 is 15.9 Å².